The molecule has 166 valence electrons. The average Bonchev–Trinajstić information content (AvgIpc) is 2.75. The monoisotopic (exact) mass is 452 g/mol. The Morgan fingerprint density at radius 1 is 0.906 bits per heavy atom. The highest BCUT2D eigenvalue weighted by molar-refractivity contribution is 7.92. The van der Waals surface area contributed by atoms with Crippen LogP contribution in [0.5, 0.6) is 0 Å². The Labute approximate surface area is 187 Å². The molecule has 0 heterocycles. The largest absolute Gasteiger partial charge is 0.462 e. The molecule has 0 spiro atoms. The highest BCUT2D eigenvalue weighted by atomic mass is 32.2. The smallest absolute Gasteiger partial charge is 0.338 e. The number of esters is 1. The van der Waals surface area contributed by atoms with Gasteiger partial charge < -0.3 is 10.1 Å². The Morgan fingerprint density at radius 3 is 2.28 bits per heavy atom. The molecular weight excluding hydrogens is 428 g/mol. The van der Waals surface area contributed by atoms with Crippen LogP contribution in [0.3, 0.4) is 0 Å². The molecule has 0 saturated heterocycles. The van der Waals surface area contributed by atoms with Gasteiger partial charge in [0.25, 0.3) is 15.9 Å². The van der Waals surface area contributed by atoms with Crippen LogP contribution in [-0.4, -0.2) is 26.9 Å². The van der Waals surface area contributed by atoms with Gasteiger partial charge in [-0.1, -0.05) is 23.8 Å². The van der Waals surface area contributed by atoms with Crippen molar-refractivity contribution < 1.29 is 22.7 Å². The van der Waals surface area contributed by atoms with E-state index in [0.717, 1.165) is 5.56 Å². The summed E-state index contributed by atoms with van der Waals surface area (Å²) < 4.78 is 32.7. The lowest BCUT2D eigenvalue weighted by molar-refractivity contribution is 0.0526. The third kappa shape index (κ3) is 5.53. The van der Waals surface area contributed by atoms with Crippen LogP contribution in [0.1, 0.15) is 38.8 Å². The Morgan fingerprint density at radius 2 is 1.62 bits per heavy atom. The second-order valence-corrected chi connectivity index (χ2v) is 8.89. The number of carbonyl (C=O) groups is 2. The Hall–Kier alpha value is -3.65. The molecule has 0 aromatic heterocycles. The lowest BCUT2D eigenvalue weighted by Crippen LogP contribution is -2.15. The van der Waals surface area contributed by atoms with Gasteiger partial charge in [-0.2, -0.15) is 0 Å². The van der Waals surface area contributed by atoms with Crippen molar-refractivity contribution in [3.63, 3.8) is 0 Å². The fourth-order valence-corrected chi connectivity index (χ4v) is 4.04. The lowest BCUT2D eigenvalue weighted by atomic mass is 10.1. The summed E-state index contributed by atoms with van der Waals surface area (Å²) in [7, 11) is -3.78. The predicted octanol–water partition coefficient (Wildman–Crippen LogP) is 4.53. The molecule has 1 amide bonds. The van der Waals surface area contributed by atoms with Crippen molar-refractivity contribution in [1.82, 2.24) is 0 Å². The zero-order valence-electron chi connectivity index (χ0n) is 18.0. The van der Waals surface area contributed by atoms with Crippen molar-refractivity contribution in [1.29, 1.82) is 0 Å². The summed E-state index contributed by atoms with van der Waals surface area (Å²) in [5.41, 5.74) is 3.13. The molecular formula is C24H24N2O5S. The fraction of sp³-hybridized carbons (Fsp3) is 0.167. The van der Waals surface area contributed by atoms with Gasteiger partial charge in [0.2, 0.25) is 0 Å². The van der Waals surface area contributed by atoms with Crippen molar-refractivity contribution in [3.8, 4) is 0 Å². The summed E-state index contributed by atoms with van der Waals surface area (Å²) >= 11 is 0. The van der Waals surface area contributed by atoms with Crippen LogP contribution in [0.15, 0.2) is 71.6 Å². The Kier molecular flexibility index (Phi) is 6.95. The van der Waals surface area contributed by atoms with Crippen molar-refractivity contribution >= 4 is 33.3 Å². The van der Waals surface area contributed by atoms with Gasteiger partial charge in [0.1, 0.15) is 0 Å². The van der Waals surface area contributed by atoms with E-state index in [-0.39, 0.29) is 22.8 Å². The molecule has 0 radical (unpaired) electrons. The molecule has 7 nitrogen and oxygen atoms in total. The molecule has 0 aliphatic heterocycles. The molecule has 3 rings (SSSR count). The van der Waals surface area contributed by atoms with E-state index in [0.29, 0.717) is 16.8 Å². The van der Waals surface area contributed by atoms with Crippen LogP contribution in [0, 0.1) is 13.8 Å². The number of anilines is 2. The summed E-state index contributed by atoms with van der Waals surface area (Å²) in [6, 6.07) is 17.5. The molecule has 2 N–H and O–H groups in total. The van der Waals surface area contributed by atoms with E-state index < -0.39 is 21.9 Å². The van der Waals surface area contributed by atoms with E-state index in [1.165, 1.54) is 18.2 Å². The molecule has 0 fully saturated rings. The zero-order chi connectivity index (χ0) is 23.3. The summed E-state index contributed by atoms with van der Waals surface area (Å²) in [6.45, 7) is 5.65. The number of sulfonamides is 1. The van der Waals surface area contributed by atoms with Gasteiger partial charge in [0, 0.05) is 16.9 Å². The fourth-order valence-electron chi connectivity index (χ4n) is 3.00. The topological polar surface area (TPSA) is 102 Å². The second-order valence-electron chi connectivity index (χ2n) is 7.20. The minimum Gasteiger partial charge on any atom is -0.462 e. The van der Waals surface area contributed by atoms with Crippen LogP contribution >= 0.6 is 0 Å². The molecule has 8 heteroatoms. The third-order valence-corrected chi connectivity index (χ3v) is 6.09. The number of amides is 1. The van der Waals surface area contributed by atoms with E-state index in [2.05, 4.69) is 10.0 Å². The van der Waals surface area contributed by atoms with Crippen molar-refractivity contribution in [2.75, 3.05) is 16.6 Å². The van der Waals surface area contributed by atoms with Gasteiger partial charge >= 0.3 is 5.97 Å². The highest BCUT2D eigenvalue weighted by Crippen LogP contribution is 2.21. The zero-order valence-corrected chi connectivity index (χ0v) is 18.8. The number of ether oxygens (including phenoxy) is 1. The first-order valence-electron chi connectivity index (χ1n) is 9.98. The predicted molar refractivity (Wildman–Crippen MR) is 124 cm³/mol. The molecule has 32 heavy (non-hydrogen) atoms. The molecule has 0 unspecified atom stereocenters. The number of hydrogen-bond acceptors (Lipinski definition) is 5. The summed E-state index contributed by atoms with van der Waals surface area (Å²) in [6.07, 6.45) is 0. The number of nitrogens with one attached hydrogen (secondary N) is 2. The Bertz CT molecular complexity index is 1250. The molecule has 0 aliphatic rings. The van der Waals surface area contributed by atoms with Gasteiger partial charge in [-0.25, -0.2) is 13.2 Å². The minimum atomic E-state index is -3.78. The summed E-state index contributed by atoms with van der Waals surface area (Å²) in [5.74, 6) is -0.838. The molecule has 0 atom stereocenters. The first-order valence-corrected chi connectivity index (χ1v) is 11.5. The van der Waals surface area contributed by atoms with Crippen molar-refractivity contribution in [2.45, 2.75) is 25.7 Å². The number of aryl methyl sites for hydroxylation is 2. The maximum Gasteiger partial charge on any atom is 0.338 e. The number of rotatable bonds is 7. The normalized spacial score (nSPS) is 11.0. The van der Waals surface area contributed by atoms with Gasteiger partial charge in [0.15, 0.2) is 0 Å². The number of hydrogen-bond donors (Lipinski definition) is 2. The minimum absolute atomic E-state index is 0.135. The molecule has 0 saturated carbocycles. The maximum absolute atomic E-state index is 12.7. The van der Waals surface area contributed by atoms with Crippen LogP contribution in [0.25, 0.3) is 0 Å². The first-order chi connectivity index (χ1) is 15.2. The number of carbonyl (C=O) groups excluding carboxylic acids is 2. The summed E-state index contributed by atoms with van der Waals surface area (Å²) in [4.78, 5) is 24.7. The Balaban J connectivity index is 1.75. The van der Waals surface area contributed by atoms with Gasteiger partial charge in [-0.15, -0.1) is 0 Å². The average molecular weight is 453 g/mol. The van der Waals surface area contributed by atoms with Crippen molar-refractivity contribution in [2.24, 2.45) is 0 Å². The quantitative estimate of drug-likeness (QED) is 0.513. The highest BCUT2D eigenvalue weighted by Gasteiger charge is 2.16. The van der Waals surface area contributed by atoms with E-state index in [4.69, 9.17) is 4.74 Å². The van der Waals surface area contributed by atoms with Crippen LogP contribution in [-0.2, 0) is 14.8 Å². The SMILES string of the molecule is CCOC(=O)c1ccc(NC(=O)c2cccc(NS(=O)(=O)c3ccc(C)cc3)c2)c(C)c1. The maximum atomic E-state index is 12.7. The first kappa shape index (κ1) is 23.0. The molecule has 0 bridgehead atoms. The second kappa shape index (κ2) is 9.65. The van der Waals surface area contributed by atoms with Gasteiger partial charge in [0.05, 0.1) is 17.1 Å². The van der Waals surface area contributed by atoms with E-state index in [1.807, 2.05) is 6.92 Å². The number of benzene rings is 3. The molecule has 3 aromatic carbocycles. The molecule has 0 aliphatic carbocycles. The van der Waals surface area contributed by atoms with E-state index in [9.17, 15) is 18.0 Å². The van der Waals surface area contributed by atoms with E-state index >= 15 is 0 Å². The summed E-state index contributed by atoms with van der Waals surface area (Å²) in [5, 5.41) is 2.78. The standard InChI is InChI=1S/C24H24N2O5S/c1-4-31-24(28)19-10-13-22(17(3)14-19)25-23(27)18-6-5-7-20(15-18)26-32(29,30)21-11-8-16(2)9-12-21/h5-15,26H,4H2,1-3H3,(H,25,27). The van der Waals surface area contributed by atoms with Gasteiger partial charge in [-0.05, 0) is 74.9 Å². The van der Waals surface area contributed by atoms with Gasteiger partial charge in [-0.3, -0.25) is 9.52 Å². The van der Waals surface area contributed by atoms with Crippen LogP contribution < -0.4 is 10.0 Å². The van der Waals surface area contributed by atoms with Crippen LogP contribution in [0.4, 0.5) is 11.4 Å². The van der Waals surface area contributed by atoms with Crippen molar-refractivity contribution in [3.05, 3.63) is 89.0 Å². The lowest BCUT2D eigenvalue weighted by Gasteiger charge is -2.12. The molecule has 3 aromatic rings. The van der Waals surface area contributed by atoms with E-state index in [1.54, 1.807) is 62.4 Å². The van der Waals surface area contributed by atoms with Crippen LogP contribution in [0.2, 0.25) is 0 Å². The third-order valence-electron chi connectivity index (χ3n) is 4.69.